The molecule has 0 spiro atoms. The van der Waals surface area contributed by atoms with Gasteiger partial charge >= 0.3 is 0 Å². The van der Waals surface area contributed by atoms with Crippen LogP contribution in [0.2, 0.25) is 0 Å². The summed E-state index contributed by atoms with van der Waals surface area (Å²) in [6.45, 7) is 2.08. The van der Waals surface area contributed by atoms with Gasteiger partial charge in [0, 0.05) is 5.56 Å². The molecule has 0 aromatic heterocycles. The van der Waals surface area contributed by atoms with Crippen molar-refractivity contribution in [2.24, 2.45) is 0 Å². The van der Waals surface area contributed by atoms with Gasteiger partial charge in [0.15, 0.2) is 0 Å². The van der Waals surface area contributed by atoms with Gasteiger partial charge in [-0.1, -0.05) is 48.5 Å². The first-order chi connectivity index (χ1) is 10.3. The maximum absolute atomic E-state index is 8.83. The molecule has 3 aromatic rings. The van der Waals surface area contributed by atoms with Crippen LogP contribution in [-0.4, -0.2) is 0 Å². The van der Waals surface area contributed by atoms with E-state index in [2.05, 4.69) is 49.4 Å². The summed E-state index contributed by atoms with van der Waals surface area (Å²) in [5, 5.41) is 8.83. The van der Waals surface area contributed by atoms with Crippen molar-refractivity contribution in [3.63, 3.8) is 0 Å². The molecule has 0 fully saturated rings. The lowest BCUT2D eigenvalue weighted by Gasteiger charge is -2.05. The number of rotatable bonds is 2. The molecule has 0 amide bonds. The molecular formula is C20H13N. The Kier molecular flexibility index (Phi) is 3.42. The molecule has 0 radical (unpaired) electrons. The van der Waals surface area contributed by atoms with Crippen LogP contribution < -0.4 is 0 Å². The maximum atomic E-state index is 8.83. The van der Waals surface area contributed by atoms with Gasteiger partial charge in [-0.05, 0) is 53.4 Å². The van der Waals surface area contributed by atoms with Gasteiger partial charge in [0.05, 0.1) is 11.6 Å². The second-order valence-electron chi connectivity index (χ2n) is 4.93. The predicted octanol–water partition coefficient (Wildman–Crippen LogP) is 4.80. The summed E-state index contributed by atoms with van der Waals surface area (Å²) in [6.07, 6.45) is 0. The SMILES string of the molecule is Cc1ccc#cc1-c1ccc(-c2ccc(C#N)cc2)cc1. The van der Waals surface area contributed by atoms with Crippen molar-refractivity contribution < 1.29 is 0 Å². The van der Waals surface area contributed by atoms with E-state index in [1.165, 1.54) is 5.56 Å². The van der Waals surface area contributed by atoms with Crippen LogP contribution in [0.25, 0.3) is 22.3 Å². The molecule has 3 rings (SSSR count). The highest BCUT2D eigenvalue weighted by Crippen LogP contribution is 2.25. The fourth-order valence-electron chi connectivity index (χ4n) is 2.33. The van der Waals surface area contributed by atoms with Crippen molar-refractivity contribution in [1.29, 1.82) is 5.26 Å². The minimum atomic E-state index is 0.681. The normalized spacial score (nSPS) is 9.71. The van der Waals surface area contributed by atoms with E-state index in [0.29, 0.717) is 5.56 Å². The van der Waals surface area contributed by atoms with Crippen LogP contribution in [-0.2, 0) is 0 Å². The van der Waals surface area contributed by atoms with Gasteiger partial charge < -0.3 is 0 Å². The zero-order chi connectivity index (χ0) is 14.7. The summed E-state index contributed by atoms with van der Waals surface area (Å²) in [5.41, 5.74) is 6.35. The van der Waals surface area contributed by atoms with Gasteiger partial charge in [-0.25, -0.2) is 0 Å². The van der Waals surface area contributed by atoms with E-state index < -0.39 is 0 Å². The standard InChI is InChI=1S/C20H13N/c1-15-4-2-3-5-20(15)19-12-10-18(11-13-19)17-8-6-16(14-21)7-9-17/h2,4,6-13H,1H3. The first-order valence-electron chi connectivity index (χ1n) is 6.78. The van der Waals surface area contributed by atoms with Gasteiger partial charge in [0.1, 0.15) is 0 Å². The third-order valence-electron chi connectivity index (χ3n) is 3.53. The van der Waals surface area contributed by atoms with E-state index in [1.54, 1.807) is 0 Å². The lowest BCUT2D eigenvalue weighted by Crippen LogP contribution is -1.83. The second-order valence-corrected chi connectivity index (χ2v) is 4.93. The summed E-state index contributed by atoms with van der Waals surface area (Å²) in [7, 11) is 0. The van der Waals surface area contributed by atoms with E-state index in [1.807, 2.05) is 36.4 Å². The molecule has 0 heterocycles. The van der Waals surface area contributed by atoms with E-state index in [-0.39, 0.29) is 0 Å². The maximum Gasteiger partial charge on any atom is 0.0991 e. The quantitative estimate of drug-likeness (QED) is 0.654. The van der Waals surface area contributed by atoms with E-state index in [9.17, 15) is 0 Å². The highest BCUT2D eigenvalue weighted by atomic mass is 14.2. The van der Waals surface area contributed by atoms with E-state index >= 15 is 0 Å². The highest BCUT2D eigenvalue weighted by molar-refractivity contribution is 5.71. The van der Waals surface area contributed by atoms with Crippen molar-refractivity contribution >= 4 is 0 Å². The fraction of sp³-hybridized carbons (Fsp3) is 0.0500. The molecule has 1 nitrogen and oxygen atoms in total. The topological polar surface area (TPSA) is 23.8 Å². The predicted molar refractivity (Wildman–Crippen MR) is 84.4 cm³/mol. The number of nitrogens with zero attached hydrogens (tertiary/aromatic N) is 1. The summed E-state index contributed by atoms with van der Waals surface area (Å²) < 4.78 is 0. The van der Waals surface area contributed by atoms with Crippen LogP contribution in [0.1, 0.15) is 11.1 Å². The number of benzene rings is 2. The first kappa shape index (κ1) is 13.0. The van der Waals surface area contributed by atoms with Crippen LogP contribution in [0.5, 0.6) is 0 Å². The molecule has 0 saturated carbocycles. The molecule has 0 N–H and O–H groups in total. The smallest absolute Gasteiger partial charge is 0.0991 e. The van der Waals surface area contributed by atoms with E-state index in [0.717, 1.165) is 22.3 Å². The second kappa shape index (κ2) is 5.53. The zero-order valence-corrected chi connectivity index (χ0v) is 11.7. The van der Waals surface area contributed by atoms with Crippen LogP contribution in [0.4, 0.5) is 0 Å². The number of hydrogen-bond donors (Lipinski definition) is 0. The van der Waals surface area contributed by atoms with E-state index in [4.69, 9.17) is 5.26 Å². The Morgan fingerprint density at radius 3 is 1.95 bits per heavy atom. The van der Waals surface area contributed by atoms with Crippen molar-refractivity contribution in [2.45, 2.75) is 6.92 Å². The number of hydrogen-bond acceptors (Lipinski definition) is 1. The van der Waals surface area contributed by atoms with Gasteiger partial charge in [0.25, 0.3) is 0 Å². The zero-order valence-electron chi connectivity index (χ0n) is 11.7. The Bertz CT molecular complexity index is 790. The monoisotopic (exact) mass is 267 g/mol. The third-order valence-corrected chi connectivity index (χ3v) is 3.53. The molecule has 21 heavy (non-hydrogen) atoms. The molecule has 3 aromatic carbocycles. The summed E-state index contributed by atoms with van der Waals surface area (Å²) >= 11 is 0. The Morgan fingerprint density at radius 1 is 0.810 bits per heavy atom. The van der Waals surface area contributed by atoms with Gasteiger partial charge in [0.2, 0.25) is 0 Å². The molecule has 0 atom stereocenters. The minimum absolute atomic E-state index is 0.681. The summed E-state index contributed by atoms with van der Waals surface area (Å²) in [6, 6.07) is 28.2. The van der Waals surface area contributed by atoms with Crippen molar-refractivity contribution in [3.05, 3.63) is 83.9 Å². The van der Waals surface area contributed by atoms with Crippen LogP contribution in [0.3, 0.4) is 0 Å². The van der Waals surface area contributed by atoms with Crippen LogP contribution in [0, 0.1) is 30.4 Å². The average molecular weight is 267 g/mol. The number of aryl methyl sites for hydroxylation is 1. The molecular weight excluding hydrogens is 254 g/mol. The number of nitriles is 1. The Morgan fingerprint density at radius 2 is 1.38 bits per heavy atom. The van der Waals surface area contributed by atoms with Crippen molar-refractivity contribution in [2.75, 3.05) is 0 Å². The largest absolute Gasteiger partial charge is 0.192 e. The molecule has 1 heteroatoms. The van der Waals surface area contributed by atoms with Crippen LogP contribution >= 0.6 is 0 Å². The minimum Gasteiger partial charge on any atom is -0.192 e. The Hall–Kier alpha value is -3.03. The average Bonchev–Trinajstić information content (AvgIpc) is 2.56. The van der Waals surface area contributed by atoms with Gasteiger partial charge in [-0.2, -0.15) is 5.26 Å². The summed E-state index contributed by atoms with van der Waals surface area (Å²) in [4.78, 5) is 0. The molecule has 0 saturated heterocycles. The Labute approximate surface area is 125 Å². The third kappa shape index (κ3) is 2.64. The first-order valence-corrected chi connectivity index (χ1v) is 6.78. The molecule has 0 aliphatic carbocycles. The molecule has 0 aliphatic heterocycles. The van der Waals surface area contributed by atoms with Crippen molar-refractivity contribution in [1.82, 2.24) is 0 Å². The van der Waals surface area contributed by atoms with Gasteiger partial charge in [-0.15, -0.1) is 0 Å². The molecule has 0 aliphatic rings. The molecule has 98 valence electrons. The molecule has 0 bridgehead atoms. The molecule has 0 unspecified atom stereocenters. The highest BCUT2D eigenvalue weighted by Gasteiger charge is 2.02. The Balaban J connectivity index is 1.94. The van der Waals surface area contributed by atoms with Crippen LogP contribution in [0.15, 0.2) is 60.7 Å². The lowest BCUT2D eigenvalue weighted by molar-refractivity contribution is 1.46. The van der Waals surface area contributed by atoms with Gasteiger partial charge in [-0.3, -0.25) is 0 Å². The lowest BCUT2D eigenvalue weighted by atomic mass is 9.98. The van der Waals surface area contributed by atoms with Crippen molar-refractivity contribution in [3.8, 4) is 28.3 Å². The summed E-state index contributed by atoms with van der Waals surface area (Å²) in [5.74, 6) is 0. The fourth-order valence-corrected chi connectivity index (χ4v) is 2.33.